The first kappa shape index (κ1) is 19.1. The van der Waals surface area contributed by atoms with Crippen LogP contribution < -0.4 is 4.74 Å². The molecule has 0 aliphatic rings. The summed E-state index contributed by atoms with van der Waals surface area (Å²) in [5, 5.41) is 0. The number of benzene rings is 2. The number of imidazole rings is 1. The fourth-order valence-corrected chi connectivity index (χ4v) is 3.43. The minimum Gasteiger partial charge on any atom is -0.493 e. The maximum atomic E-state index is 6.00. The Morgan fingerprint density at radius 3 is 2.72 bits per heavy atom. The van der Waals surface area contributed by atoms with Crippen molar-refractivity contribution in [1.29, 1.82) is 0 Å². The Balaban J connectivity index is 1.41. The lowest BCUT2D eigenvalue weighted by molar-refractivity contribution is 0.301. The molecular formula is C25H26N2O2. The number of para-hydroxylation sites is 2. The molecule has 0 saturated carbocycles. The lowest BCUT2D eigenvalue weighted by atomic mass is 10.1. The smallest absolute Gasteiger partial charge is 0.133 e. The van der Waals surface area contributed by atoms with Crippen LogP contribution in [0.2, 0.25) is 0 Å². The number of aryl methyl sites for hydroxylation is 2. The molecule has 2 heterocycles. The Hall–Kier alpha value is -3.27. The molecule has 0 atom stereocenters. The van der Waals surface area contributed by atoms with E-state index >= 15 is 0 Å². The lowest BCUT2D eigenvalue weighted by Crippen LogP contribution is -2.04. The summed E-state index contributed by atoms with van der Waals surface area (Å²) >= 11 is 0. The highest BCUT2D eigenvalue weighted by molar-refractivity contribution is 5.79. The molecule has 0 aliphatic carbocycles. The standard InChI is InChI=1S/C25H26N2O2/c1-19-9-7-13-24(20(19)2)29-17-6-5-16-27-23-12-4-3-11-22(23)26-25(27)15-14-21-10-8-18-28-21/h3-4,7-15,18H,5-6,16-17H2,1-2H3/b15-14+. The third-order valence-corrected chi connectivity index (χ3v) is 5.21. The minimum absolute atomic E-state index is 0.717. The van der Waals surface area contributed by atoms with Gasteiger partial charge in [0.1, 0.15) is 17.3 Å². The van der Waals surface area contributed by atoms with E-state index in [1.807, 2.05) is 42.5 Å². The lowest BCUT2D eigenvalue weighted by Gasteiger charge is -2.11. The molecule has 0 unspecified atom stereocenters. The Morgan fingerprint density at radius 1 is 0.966 bits per heavy atom. The van der Waals surface area contributed by atoms with Crippen LogP contribution in [0.3, 0.4) is 0 Å². The number of nitrogens with zero attached hydrogens (tertiary/aromatic N) is 2. The molecule has 0 bridgehead atoms. The van der Waals surface area contributed by atoms with Gasteiger partial charge in [-0.15, -0.1) is 0 Å². The molecule has 0 fully saturated rings. The van der Waals surface area contributed by atoms with E-state index in [1.54, 1.807) is 6.26 Å². The van der Waals surface area contributed by atoms with Crippen molar-refractivity contribution >= 4 is 23.2 Å². The van der Waals surface area contributed by atoms with Crippen molar-refractivity contribution in [3.05, 3.63) is 83.6 Å². The molecule has 2 aromatic heterocycles. The van der Waals surface area contributed by atoms with Gasteiger partial charge in [0.2, 0.25) is 0 Å². The van der Waals surface area contributed by atoms with Crippen LogP contribution in [0.1, 0.15) is 35.6 Å². The van der Waals surface area contributed by atoms with Crippen LogP contribution in [-0.2, 0) is 6.54 Å². The van der Waals surface area contributed by atoms with Crippen LogP contribution in [0.25, 0.3) is 23.2 Å². The zero-order valence-electron chi connectivity index (χ0n) is 17.0. The van der Waals surface area contributed by atoms with Crippen molar-refractivity contribution < 1.29 is 9.15 Å². The maximum Gasteiger partial charge on any atom is 0.133 e. The number of hydrogen-bond acceptors (Lipinski definition) is 3. The summed E-state index contributed by atoms with van der Waals surface area (Å²) in [6.07, 6.45) is 7.67. The second kappa shape index (κ2) is 8.82. The fourth-order valence-electron chi connectivity index (χ4n) is 3.43. The van der Waals surface area contributed by atoms with E-state index in [9.17, 15) is 0 Å². The summed E-state index contributed by atoms with van der Waals surface area (Å²) in [6.45, 7) is 5.84. The van der Waals surface area contributed by atoms with Crippen molar-refractivity contribution in [3.63, 3.8) is 0 Å². The van der Waals surface area contributed by atoms with Gasteiger partial charge in [-0.2, -0.15) is 0 Å². The summed E-state index contributed by atoms with van der Waals surface area (Å²) in [5.74, 6) is 2.75. The van der Waals surface area contributed by atoms with Crippen LogP contribution in [-0.4, -0.2) is 16.2 Å². The van der Waals surface area contributed by atoms with Crippen molar-refractivity contribution in [1.82, 2.24) is 9.55 Å². The topological polar surface area (TPSA) is 40.2 Å². The molecular weight excluding hydrogens is 360 g/mol. The Bertz CT molecular complexity index is 1110. The first-order valence-corrected chi connectivity index (χ1v) is 10.1. The number of fused-ring (bicyclic) bond motifs is 1. The highest BCUT2D eigenvalue weighted by atomic mass is 16.5. The van der Waals surface area contributed by atoms with Crippen molar-refractivity contribution in [2.45, 2.75) is 33.2 Å². The van der Waals surface area contributed by atoms with E-state index in [1.165, 1.54) is 11.1 Å². The predicted molar refractivity (Wildman–Crippen MR) is 118 cm³/mol. The number of rotatable bonds is 8. The van der Waals surface area contributed by atoms with E-state index in [4.69, 9.17) is 14.1 Å². The van der Waals surface area contributed by atoms with E-state index in [0.717, 1.165) is 47.8 Å². The molecule has 29 heavy (non-hydrogen) atoms. The highest BCUT2D eigenvalue weighted by Gasteiger charge is 2.08. The molecule has 2 aromatic carbocycles. The van der Waals surface area contributed by atoms with Gasteiger partial charge in [-0.1, -0.05) is 24.3 Å². The Labute approximate surface area is 171 Å². The number of ether oxygens (including phenoxy) is 1. The summed E-state index contributed by atoms with van der Waals surface area (Å²) in [4.78, 5) is 4.78. The van der Waals surface area contributed by atoms with E-state index in [2.05, 4.69) is 42.7 Å². The molecule has 0 amide bonds. The second-order valence-corrected chi connectivity index (χ2v) is 7.21. The van der Waals surface area contributed by atoms with Crippen LogP contribution in [0.4, 0.5) is 0 Å². The molecule has 0 N–H and O–H groups in total. The third-order valence-electron chi connectivity index (χ3n) is 5.21. The summed E-state index contributed by atoms with van der Waals surface area (Å²) in [6, 6.07) is 18.3. The van der Waals surface area contributed by atoms with Gasteiger partial charge in [-0.3, -0.25) is 0 Å². The van der Waals surface area contributed by atoms with Gasteiger partial charge in [0.15, 0.2) is 0 Å². The van der Waals surface area contributed by atoms with Crippen LogP contribution in [0.5, 0.6) is 5.75 Å². The van der Waals surface area contributed by atoms with Crippen molar-refractivity contribution in [2.24, 2.45) is 0 Å². The monoisotopic (exact) mass is 386 g/mol. The van der Waals surface area contributed by atoms with Crippen molar-refractivity contribution in [3.8, 4) is 5.75 Å². The molecule has 0 spiro atoms. The van der Waals surface area contributed by atoms with Crippen molar-refractivity contribution in [2.75, 3.05) is 6.61 Å². The molecule has 0 saturated heterocycles. The fraction of sp³-hybridized carbons (Fsp3) is 0.240. The Morgan fingerprint density at radius 2 is 1.86 bits per heavy atom. The van der Waals surface area contributed by atoms with Gasteiger partial charge in [0.05, 0.1) is 23.9 Å². The molecule has 0 radical (unpaired) electrons. The molecule has 4 aromatic rings. The van der Waals surface area contributed by atoms with Gasteiger partial charge in [-0.25, -0.2) is 4.98 Å². The van der Waals surface area contributed by atoms with Crippen LogP contribution in [0, 0.1) is 13.8 Å². The van der Waals surface area contributed by atoms with Gasteiger partial charge in [0.25, 0.3) is 0 Å². The number of unbranched alkanes of at least 4 members (excludes halogenated alkanes) is 1. The first-order chi connectivity index (χ1) is 14.2. The number of furan rings is 1. The molecule has 148 valence electrons. The predicted octanol–water partition coefficient (Wildman–Crippen LogP) is 6.28. The maximum absolute atomic E-state index is 6.00. The van der Waals surface area contributed by atoms with E-state index < -0.39 is 0 Å². The summed E-state index contributed by atoms with van der Waals surface area (Å²) < 4.78 is 13.7. The van der Waals surface area contributed by atoms with Gasteiger partial charge in [-0.05, 0) is 80.3 Å². The zero-order valence-corrected chi connectivity index (χ0v) is 17.0. The first-order valence-electron chi connectivity index (χ1n) is 10.1. The summed E-state index contributed by atoms with van der Waals surface area (Å²) in [5.41, 5.74) is 4.65. The van der Waals surface area contributed by atoms with Gasteiger partial charge in [0, 0.05) is 6.54 Å². The number of hydrogen-bond donors (Lipinski definition) is 0. The highest BCUT2D eigenvalue weighted by Crippen LogP contribution is 2.22. The van der Waals surface area contributed by atoms with E-state index in [0.29, 0.717) is 6.61 Å². The third kappa shape index (κ3) is 4.43. The quantitative estimate of drug-likeness (QED) is 0.335. The van der Waals surface area contributed by atoms with Gasteiger partial charge >= 0.3 is 0 Å². The molecule has 0 aliphatic heterocycles. The van der Waals surface area contributed by atoms with Gasteiger partial charge < -0.3 is 13.7 Å². The molecule has 4 heteroatoms. The minimum atomic E-state index is 0.717. The van der Waals surface area contributed by atoms with E-state index in [-0.39, 0.29) is 0 Å². The SMILES string of the molecule is Cc1cccc(OCCCCn2c(/C=C/c3ccco3)nc3ccccc32)c1C. The molecule has 4 rings (SSSR count). The average Bonchev–Trinajstić information content (AvgIpc) is 3.37. The zero-order chi connectivity index (χ0) is 20.1. The van der Waals surface area contributed by atoms with Crippen LogP contribution in [0.15, 0.2) is 65.3 Å². The average molecular weight is 386 g/mol. The van der Waals surface area contributed by atoms with Crippen LogP contribution >= 0.6 is 0 Å². The largest absolute Gasteiger partial charge is 0.493 e. The number of aromatic nitrogens is 2. The molecule has 4 nitrogen and oxygen atoms in total. The second-order valence-electron chi connectivity index (χ2n) is 7.21. The normalized spacial score (nSPS) is 11.5. The summed E-state index contributed by atoms with van der Waals surface area (Å²) in [7, 11) is 0. The Kier molecular flexibility index (Phi) is 5.80.